The zero-order chi connectivity index (χ0) is 12.3. The number of fused-ring (bicyclic) bond motifs is 1. The number of oxazole rings is 1. The third kappa shape index (κ3) is 2.77. The van der Waals surface area contributed by atoms with Crippen LogP contribution in [0, 0.1) is 0 Å². The molecule has 1 aromatic heterocycles. The molecule has 1 N–H and O–H groups in total. The van der Waals surface area contributed by atoms with Crippen molar-refractivity contribution in [1.82, 2.24) is 10.3 Å². The van der Waals surface area contributed by atoms with Crippen LogP contribution in [0.1, 0.15) is 26.2 Å². The number of hydrogen-bond acceptors (Lipinski definition) is 4. The van der Waals surface area contributed by atoms with Gasteiger partial charge in [-0.3, -0.25) is 0 Å². The van der Waals surface area contributed by atoms with E-state index in [2.05, 4.69) is 24.1 Å². The van der Waals surface area contributed by atoms with Crippen molar-refractivity contribution in [2.75, 3.05) is 7.11 Å². The number of rotatable bonds is 5. The number of methoxy groups -OCH3 is 1. The molecular weight excluding hydrogens is 216 g/mol. The van der Waals surface area contributed by atoms with Gasteiger partial charge in [0.1, 0.15) is 11.3 Å². The molecule has 0 spiro atoms. The maximum absolute atomic E-state index is 5.63. The summed E-state index contributed by atoms with van der Waals surface area (Å²) in [6.07, 6.45) is 1.09. The van der Waals surface area contributed by atoms with E-state index in [0.29, 0.717) is 18.5 Å². The molecule has 0 aliphatic carbocycles. The zero-order valence-corrected chi connectivity index (χ0v) is 10.5. The van der Waals surface area contributed by atoms with E-state index in [1.54, 1.807) is 7.11 Å². The van der Waals surface area contributed by atoms with Gasteiger partial charge in [0, 0.05) is 12.1 Å². The van der Waals surface area contributed by atoms with Crippen LogP contribution in [0.5, 0.6) is 5.75 Å². The van der Waals surface area contributed by atoms with Crippen LogP contribution in [0.25, 0.3) is 11.1 Å². The van der Waals surface area contributed by atoms with Crippen LogP contribution >= 0.6 is 0 Å². The van der Waals surface area contributed by atoms with Crippen LogP contribution in [-0.2, 0) is 6.54 Å². The van der Waals surface area contributed by atoms with E-state index < -0.39 is 0 Å². The first-order valence-corrected chi connectivity index (χ1v) is 5.89. The molecule has 1 unspecified atom stereocenters. The molecule has 0 bridgehead atoms. The second-order valence-electron chi connectivity index (χ2n) is 4.13. The maximum Gasteiger partial charge on any atom is 0.209 e. The van der Waals surface area contributed by atoms with Crippen LogP contribution in [0.4, 0.5) is 0 Å². The Bertz CT molecular complexity index is 493. The largest absolute Gasteiger partial charge is 0.497 e. The van der Waals surface area contributed by atoms with Crippen molar-refractivity contribution in [3.05, 3.63) is 24.1 Å². The van der Waals surface area contributed by atoms with E-state index in [1.165, 1.54) is 0 Å². The summed E-state index contributed by atoms with van der Waals surface area (Å²) in [4.78, 5) is 4.42. The number of benzene rings is 1. The third-order valence-electron chi connectivity index (χ3n) is 2.85. The summed E-state index contributed by atoms with van der Waals surface area (Å²) in [6.45, 7) is 4.95. The maximum atomic E-state index is 5.63. The van der Waals surface area contributed by atoms with E-state index in [-0.39, 0.29) is 0 Å². The highest BCUT2D eigenvalue weighted by Crippen LogP contribution is 2.21. The molecule has 0 fully saturated rings. The Hall–Kier alpha value is -1.55. The molecule has 0 saturated heterocycles. The molecule has 0 saturated carbocycles. The molecule has 2 rings (SSSR count). The van der Waals surface area contributed by atoms with Gasteiger partial charge in [-0.15, -0.1) is 0 Å². The Kier molecular flexibility index (Phi) is 3.64. The molecule has 0 aliphatic rings. The number of hydrogen-bond donors (Lipinski definition) is 1. The van der Waals surface area contributed by atoms with E-state index in [4.69, 9.17) is 9.15 Å². The Morgan fingerprint density at radius 3 is 3.00 bits per heavy atom. The lowest BCUT2D eigenvalue weighted by atomic mass is 10.3. The van der Waals surface area contributed by atoms with Gasteiger partial charge in [0.2, 0.25) is 5.89 Å². The van der Waals surface area contributed by atoms with Crippen molar-refractivity contribution in [2.24, 2.45) is 0 Å². The van der Waals surface area contributed by atoms with Crippen LogP contribution < -0.4 is 10.1 Å². The normalized spacial score (nSPS) is 12.9. The van der Waals surface area contributed by atoms with Gasteiger partial charge in [0.25, 0.3) is 0 Å². The van der Waals surface area contributed by atoms with E-state index in [9.17, 15) is 0 Å². The van der Waals surface area contributed by atoms with Crippen LogP contribution in [0.15, 0.2) is 22.6 Å². The second-order valence-corrected chi connectivity index (χ2v) is 4.13. The molecular formula is C13H18N2O2. The molecule has 92 valence electrons. The van der Waals surface area contributed by atoms with E-state index >= 15 is 0 Å². The predicted octanol–water partition coefficient (Wildman–Crippen LogP) is 2.72. The minimum atomic E-state index is 0.472. The summed E-state index contributed by atoms with van der Waals surface area (Å²) in [6, 6.07) is 6.11. The molecule has 4 nitrogen and oxygen atoms in total. The zero-order valence-electron chi connectivity index (χ0n) is 10.5. The summed E-state index contributed by atoms with van der Waals surface area (Å²) in [7, 11) is 1.65. The van der Waals surface area contributed by atoms with Crippen molar-refractivity contribution in [1.29, 1.82) is 0 Å². The lowest BCUT2D eigenvalue weighted by Crippen LogP contribution is -2.24. The molecule has 1 aromatic carbocycles. The molecule has 1 atom stereocenters. The van der Waals surface area contributed by atoms with Gasteiger partial charge in [-0.2, -0.15) is 0 Å². The fourth-order valence-electron chi connectivity index (χ4n) is 1.56. The van der Waals surface area contributed by atoms with Gasteiger partial charge < -0.3 is 14.5 Å². The molecule has 17 heavy (non-hydrogen) atoms. The third-order valence-corrected chi connectivity index (χ3v) is 2.85. The summed E-state index contributed by atoms with van der Waals surface area (Å²) in [5, 5.41) is 3.35. The molecule has 4 heteroatoms. The average molecular weight is 234 g/mol. The highest BCUT2D eigenvalue weighted by molar-refractivity contribution is 5.74. The van der Waals surface area contributed by atoms with Gasteiger partial charge >= 0.3 is 0 Å². The number of ether oxygens (including phenoxy) is 1. The molecule has 0 radical (unpaired) electrons. The van der Waals surface area contributed by atoms with Crippen LogP contribution in [0.2, 0.25) is 0 Å². The van der Waals surface area contributed by atoms with Crippen LogP contribution in [0.3, 0.4) is 0 Å². The van der Waals surface area contributed by atoms with Gasteiger partial charge in [-0.05, 0) is 25.5 Å². The van der Waals surface area contributed by atoms with Gasteiger partial charge in [0.15, 0.2) is 5.58 Å². The minimum absolute atomic E-state index is 0.472. The Morgan fingerprint density at radius 1 is 1.47 bits per heavy atom. The lowest BCUT2D eigenvalue weighted by Gasteiger charge is -2.07. The molecule has 2 aromatic rings. The highest BCUT2D eigenvalue weighted by atomic mass is 16.5. The topological polar surface area (TPSA) is 47.3 Å². The molecule has 1 heterocycles. The van der Waals surface area contributed by atoms with E-state index in [0.717, 1.165) is 23.3 Å². The lowest BCUT2D eigenvalue weighted by molar-refractivity contribution is 0.415. The molecule has 0 amide bonds. The van der Waals surface area contributed by atoms with Crippen molar-refractivity contribution in [3.63, 3.8) is 0 Å². The fourth-order valence-corrected chi connectivity index (χ4v) is 1.56. The summed E-state index contributed by atoms with van der Waals surface area (Å²) in [5.41, 5.74) is 1.64. The standard InChI is InChI=1S/C13H18N2O2/c1-4-9(2)14-8-13-15-11-7-10(16-3)5-6-12(11)17-13/h5-7,9,14H,4,8H2,1-3H3. The second kappa shape index (κ2) is 5.19. The first kappa shape index (κ1) is 11.9. The molecule has 0 aliphatic heterocycles. The highest BCUT2D eigenvalue weighted by Gasteiger charge is 2.07. The SMILES string of the molecule is CCC(C)NCc1nc2cc(OC)ccc2o1. The first-order chi connectivity index (χ1) is 8.22. The van der Waals surface area contributed by atoms with Gasteiger partial charge in [-0.25, -0.2) is 4.98 Å². The quantitative estimate of drug-likeness (QED) is 0.864. The Morgan fingerprint density at radius 2 is 2.29 bits per heavy atom. The van der Waals surface area contributed by atoms with Gasteiger partial charge in [0.05, 0.1) is 13.7 Å². The predicted molar refractivity (Wildman–Crippen MR) is 67.2 cm³/mol. The van der Waals surface area contributed by atoms with Crippen molar-refractivity contribution in [3.8, 4) is 5.75 Å². The van der Waals surface area contributed by atoms with Crippen molar-refractivity contribution in [2.45, 2.75) is 32.9 Å². The average Bonchev–Trinajstić information content (AvgIpc) is 2.77. The summed E-state index contributed by atoms with van der Waals surface area (Å²) < 4.78 is 10.8. The van der Waals surface area contributed by atoms with E-state index in [1.807, 2.05) is 18.2 Å². The Labute approximate surface area is 101 Å². The summed E-state index contributed by atoms with van der Waals surface area (Å²) in [5.74, 6) is 1.51. The van der Waals surface area contributed by atoms with Gasteiger partial charge in [-0.1, -0.05) is 6.92 Å². The number of nitrogens with one attached hydrogen (secondary N) is 1. The number of aromatic nitrogens is 1. The smallest absolute Gasteiger partial charge is 0.209 e. The number of nitrogens with zero attached hydrogens (tertiary/aromatic N) is 1. The van der Waals surface area contributed by atoms with Crippen molar-refractivity contribution < 1.29 is 9.15 Å². The van der Waals surface area contributed by atoms with Crippen LogP contribution in [-0.4, -0.2) is 18.1 Å². The first-order valence-electron chi connectivity index (χ1n) is 5.89. The Balaban J connectivity index is 2.14. The summed E-state index contributed by atoms with van der Waals surface area (Å²) >= 11 is 0. The minimum Gasteiger partial charge on any atom is -0.497 e. The monoisotopic (exact) mass is 234 g/mol. The fraction of sp³-hybridized carbons (Fsp3) is 0.462. The van der Waals surface area contributed by atoms with Crippen molar-refractivity contribution >= 4 is 11.1 Å².